The van der Waals surface area contributed by atoms with Gasteiger partial charge in [0.15, 0.2) is 0 Å². The minimum absolute atomic E-state index is 0.825. The number of fused-ring (bicyclic) bond motifs is 1. The number of methoxy groups -OCH3 is 1. The van der Waals surface area contributed by atoms with Gasteiger partial charge in [-0.2, -0.15) is 0 Å². The van der Waals surface area contributed by atoms with E-state index in [0.717, 1.165) is 49.7 Å². The van der Waals surface area contributed by atoms with Gasteiger partial charge < -0.3 is 14.7 Å². The number of H-pyrrole nitrogens is 2. The first kappa shape index (κ1) is 15.5. The lowest BCUT2D eigenvalue weighted by atomic mass is 10.1. The maximum Gasteiger partial charge on any atom is 0.144 e. The van der Waals surface area contributed by atoms with Crippen molar-refractivity contribution in [1.29, 1.82) is 0 Å². The Kier molecular flexibility index (Phi) is 3.61. The molecule has 3 heterocycles. The molecule has 4 rings (SSSR count). The lowest BCUT2D eigenvalue weighted by molar-refractivity contribution is 0.411. The van der Waals surface area contributed by atoms with Gasteiger partial charge in [-0.3, -0.25) is 0 Å². The number of hydrogen-bond acceptors (Lipinski definition) is 2. The Hall–Kier alpha value is -3.01. The molecule has 0 bridgehead atoms. The van der Waals surface area contributed by atoms with Crippen LogP contribution in [0, 0.1) is 13.8 Å². The van der Waals surface area contributed by atoms with E-state index in [4.69, 9.17) is 9.73 Å². The summed E-state index contributed by atoms with van der Waals surface area (Å²) in [6, 6.07) is 12.3. The zero-order valence-corrected chi connectivity index (χ0v) is 14.9. The molecule has 0 saturated carbocycles. The Morgan fingerprint density at radius 1 is 1.08 bits per heavy atom. The van der Waals surface area contributed by atoms with E-state index < -0.39 is 0 Å². The fourth-order valence-electron chi connectivity index (χ4n) is 3.42. The van der Waals surface area contributed by atoms with Crippen LogP contribution in [0.3, 0.4) is 0 Å². The summed E-state index contributed by atoms with van der Waals surface area (Å²) in [6.07, 6.45) is 2.10. The molecule has 0 aliphatic carbocycles. The highest BCUT2D eigenvalue weighted by atomic mass is 16.5. The van der Waals surface area contributed by atoms with Crippen molar-refractivity contribution in [2.24, 2.45) is 4.99 Å². The Morgan fingerprint density at radius 3 is 2.56 bits per heavy atom. The molecule has 0 fully saturated rings. The molecule has 0 saturated heterocycles. The topological polar surface area (TPSA) is 53.2 Å². The van der Waals surface area contributed by atoms with Crippen LogP contribution in [0.5, 0.6) is 5.75 Å². The minimum atomic E-state index is 0.825. The van der Waals surface area contributed by atoms with Crippen LogP contribution in [0.15, 0.2) is 41.4 Å². The second-order valence-corrected chi connectivity index (χ2v) is 6.46. The largest absolute Gasteiger partial charge is 0.494 e. The predicted molar refractivity (Wildman–Crippen MR) is 100 cm³/mol. The first-order chi connectivity index (χ1) is 12.1. The monoisotopic (exact) mass is 331 g/mol. The van der Waals surface area contributed by atoms with Crippen LogP contribution in [0.1, 0.15) is 23.9 Å². The highest BCUT2D eigenvalue weighted by molar-refractivity contribution is 5.77. The molecule has 1 aliphatic rings. The van der Waals surface area contributed by atoms with Crippen LogP contribution < -0.4 is 26.0 Å². The molecule has 0 amide bonds. The number of nitrogens with zero attached hydrogens (tertiary/aromatic N) is 1. The number of rotatable bonds is 2. The van der Waals surface area contributed by atoms with Gasteiger partial charge in [-0.1, -0.05) is 18.2 Å². The van der Waals surface area contributed by atoms with Crippen LogP contribution in [0.25, 0.3) is 17.3 Å². The average Bonchev–Trinajstić information content (AvgIpc) is 3.29. The highest BCUT2D eigenvalue weighted by Crippen LogP contribution is 2.17. The van der Waals surface area contributed by atoms with Gasteiger partial charge in [0, 0.05) is 28.2 Å². The maximum atomic E-state index is 5.62. The summed E-state index contributed by atoms with van der Waals surface area (Å²) >= 11 is 0. The first-order valence-electron chi connectivity index (χ1n) is 8.37. The Labute approximate surface area is 145 Å². The molecule has 2 N–H and O–H groups in total. The molecule has 25 heavy (non-hydrogen) atoms. The zero-order valence-electron chi connectivity index (χ0n) is 14.9. The third kappa shape index (κ3) is 2.60. The van der Waals surface area contributed by atoms with E-state index in [0.29, 0.717) is 0 Å². The van der Waals surface area contributed by atoms with E-state index in [1.807, 2.05) is 24.3 Å². The first-order valence-corrected chi connectivity index (χ1v) is 8.37. The second kappa shape index (κ2) is 5.81. The van der Waals surface area contributed by atoms with Gasteiger partial charge in [0.25, 0.3) is 0 Å². The molecule has 4 nitrogen and oxygen atoms in total. The van der Waals surface area contributed by atoms with Crippen molar-refractivity contribution < 1.29 is 4.74 Å². The summed E-state index contributed by atoms with van der Waals surface area (Å²) in [5.74, 6) is 0.825. The van der Waals surface area contributed by atoms with E-state index in [1.165, 1.54) is 5.56 Å². The molecular formula is C21H21N3O. The standard InChI is InChI=1S/C21H21N3O/c1-12-9-13(2)22-20(12)14(3)21-19(25-4)11-18(24-21)17-10-15-7-5-6-8-16(15)23-17/h5-11,22,24H,1-4H3/b18-17-,21-14+. The average molecular weight is 331 g/mol. The highest BCUT2D eigenvalue weighted by Gasteiger charge is 2.10. The van der Waals surface area contributed by atoms with E-state index in [1.54, 1.807) is 7.11 Å². The van der Waals surface area contributed by atoms with Crippen LogP contribution in [0.4, 0.5) is 0 Å². The molecular weight excluding hydrogens is 310 g/mol. The van der Waals surface area contributed by atoms with E-state index in [2.05, 4.69) is 48.9 Å². The van der Waals surface area contributed by atoms with Crippen molar-refractivity contribution in [3.63, 3.8) is 0 Å². The lowest BCUT2D eigenvalue weighted by Crippen LogP contribution is -2.19. The van der Waals surface area contributed by atoms with E-state index >= 15 is 0 Å². The van der Waals surface area contributed by atoms with Gasteiger partial charge in [-0.25, -0.2) is 4.99 Å². The number of aryl methyl sites for hydroxylation is 2. The van der Waals surface area contributed by atoms with Gasteiger partial charge in [0.05, 0.1) is 28.9 Å². The zero-order chi connectivity index (χ0) is 17.6. The number of hydrogen-bond donors (Lipinski definition) is 2. The fraction of sp³-hybridized carbons (Fsp3) is 0.190. The normalized spacial score (nSPS) is 16.2. The molecule has 0 unspecified atom stereocenters. The quantitative estimate of drug-likeness (QED) is 0.733. The van der Waals surface area contributed by atoms with Crippen molar-refractivity contribution >= 4 is 17.3 Å². The van der Waals surface area contributed by atoms with Crippen LogP contribution >= 0.6 is 0 Å². The molecule has 0 atom stereocenters. The summed E-state index contributed by atoms with van der Waals surface area (Å²) in [7, 11) is 1.70. The number of benzene rings is 1. The Morgan fingerprint density at radius 2 is 1.88 bits per heavy atom. The van der Waals surface area contributed by atoms with Crippen molar-refractivity contribution in [2.45, 2.75) is 20.8 Å². The Balaban J connectivity index is 1.99. The lowest BCUT2D eigenvalue weighted by Gasteiger charge is -2.01. The van der Waals surface area contributed by atoms with Gasteiger partial charge in [0.1, 0.15) is 5.75 Å². The molecule has 0 spiro atoms. The molecule has 1 aromatic carbocycles. The minimum Gasteiger partial charge on any atom is -0.494 e. The summed E-state index contributed by atoms with van der Waals surface area (Å²) < 4.78 is 5.62. The molecule has 1 aliphatic heterocycles. The van der Waals surface area contributed by atoms with Crippen molar-refractivity contribution in [3.8, 4) is 5.75 Å². The van der Waals surface area contributed by atoms with Crippen LogP contribution in [-0.2, 0) is 0 Å². The number of ether oxygens (including phenoxy) is 1. The number of nitrogens with one attached hydrogen (secondary N) is 2. The predicted octanol–water partition coefficient (Wildman–Crippen LogP) is 1.41. The number of para-hydroxylation sites is 1. The smallest absolute Gasteiger partial charge is 0.144 e. The molecule has 2 aromatic heterocycles. The third-order valence-electron chi connectivity index (χ3n) is 4.65. The van der Waals surface area contributed by atoms with E-state index in [9.17, 15) is 0 Å². The van der Waals surface area contributed by atoms with Crippen molar-refractivity contribution in [3.05, 3.63) is 74.6 Å². The summed E-state index contributed by atoms with van der Waals surface area (Å²) in [4.78, 5) is 11.7. The maximum absolute atomic E-state index is 5.62. The van der Waals surface area contributed by atoms with Crippen molar-refractivity contribution in [1.82, 2.24) is 9.97 Å². The van der Waals surface area contributed by atoms with Gasteiger partial charge in [-0.05, 0) is 44.5 Å². The third-order valence-corrected chi connectivity index (χ3v) is 4.65. The number of aromatic nitrogens is 2. The van der Waals surface area contributed by atoms with Gasteiger partial charge in [-0.15, -0.1) is 0 Å². The summed E-state index contributed by atoms with van der Waals surface area (Å²) in [5.41, 5.74) is 5.57. The van der Waals surface area contributed by atoms with Crippen molar-refractivity contribution in [2.75, 3.05) is 7.11 Å². The summed E-state index contributed by atoms with van der Waals surface area (Å²) in [5, 5.41) is 4.09. The SMILES string of the molecule is COc1c/c(=C2\C=c3ccccc3=N2)[nH]/c1=C(\C)c1[nH]c(C)cc1C. The molecule has 3 aromatic rings. The molecule has 0 radical (unpaired) electrons. The van der Waals surface area contributed by atoms with E-state index in [-0.39, 0.29) is 0 Å². The van der Waals surface area contributed by atoms with Crippen LogP contribution in [0.2, 0.25) is 0 Å². The molecule has 4 heteroatoms. The van der Waals surface area contributed by atoms with Gasteiger partial charge in [0.2, 0.25) is 0 Å². The Bertz CT molecular complexity index is 1170. The van der Waals surface area contributed by atoms with Crippen LogP contribution in [-0.4, -0.2) is 17.1 Å². The van der Waals surface area contributed by atoms with Gasteiger partial charge >= 0.3 is 0 Å². The fourth-order valence-corrected chi connectivity index (χ4v) is 3.42. The molecule has 126 valence electrons. The summed E-state index contributed by atoms with van der Waals surface area (Å²) in [6.45, 7) is 6.29. The number of aromatic amines is 2. The second-order valence-electron chi connectivity index (χ2n) is 6.46.